The maximum absolute atomic E-state index is 12.5. The first-order chi connectivity index (χ1) is 13.0. The standard InChI is InChI=1S/C20H23N3O4/c1-14(16-10-6-3-7-11-16)22-19(25)17(12-18(21)24)23-20(26)27-13-15-8-4-2-5-9-15/h2-11,14,17H,12-13H2,1H3,(H2,21,24)(H,22,25)(H,23,26)/t14-,17-/m1/s1. The molecule has 27 heavy (non-hydrogen) atoms. The summed E-state index contributed by atoms with van der Waals surface area (Å²) in [7, 11) is 0. The molecule has 0 radical (unpaired) electrons. The Balaban J connectivity index is 1.93. The molecule has 0 bridgehead atoms. The summed E-state index contributed by atoms with van der Waals surface area (Å²) in [6.07, 6.45) is -1.12. The summed E-state index contributed by atoms with van der Waals surface area (Å²) in [5.41, 5.74) is 6.91. The Morgan fingerprint density at radius 3 is 2.15 bits per heavy atom. The molecule has 2 atom stereocenters. The van der Waals surface area contributed by atoms with Crippen LogP contribution in [0.15, 0.2) is 60.7 Å². The van der Waals surface area contributed by atoms with E-state index >= 15 is 0 Å². The lowest BCUT2D eigenvalue weighted by Crippen LogP contribution is -2.49. The third-order valence-corrected chi connectivity index (χ3v) is 3.88. The second-order valence-electron chi connectivity index (χ2n) is 6.07. The van der Waals surface area contributed by atoms with Crippen molar-refractivity contribution in [1.82, 2.24) is 10.6 Å². The molecule has 0 aliphatic heterocycles. The van der Waals surface area contributed by atoms with Gasteiger partial charge < -0.3 is 21.1 Å². The highest BCUT2D eigenvalue weighted by Crippen LogP contribution is 2.11. The molecule has 0 aliphatic carbocycles. The highest BCUT2D eigenvalue weighted by molar-refractivity contribution is 5.90. The fourth-order valence-electron chi connectivity index (χ4n) is 2.46. The summed E-state index contributed by atoms with van der Waals surface area (Å²) in [4.78, 5) is 35.8. The van der Waals surface area contributed by atoms with Gasteiger partial charge in [-0.3, -0.25) is 9.59 Å². The van der Waals surface area contributed by atoms with Crippen LogP contribution in [-0.4, -0.2) is 23.9 Å². The van der Waals surface area contributed by atoms with Gasteiger partial charge in [0.1, 0.15) is 12.6 Å². The lowest BCUT2D eigenvalue weighted by atomic mass is 10.1. The van der Waals surface area contributed by atoms with Gasteiger partial charge in [0.25, 0.3) is 0 Å². The van der Waals surface area contributed by atoms with Crippen molar-refractivity contribution in [3.05, 3.63) is 71.8 Å². The maximum atomic E-state index is 12.5. The maximum Gasteiger partial charge on any atom is 0.408 e. The van der Waals surface area contributed by atoms with Crippen LogP contribution in [0.5, 0.6) is 0 Å². The summed E-state index contributed by atoms with van der Waals surface area (Å²) in [6, 6.07) is 17.0. The number of amides is 3. The van der Waals surface area contributed by atoms with Gasteiger partial charge in [-0.05, 0) is 18.1 Å². The van der Waals surface area contributed by atoms with E-state index < -0.39 is 23.9 Å². The van der Waals surface area contributed by atoms with Crippen LogP contribution in [0.3, 0.4) is 0 Å². The molecule has 0 fully saturated rings. The van der Waals surface area contributed by atoms with Crippen molar-refractivity contribution in [3.8, 4) is 0 Å². The van der Waals surface area contributed by atoms with Gasteiger partial charge in [0.05, 0.1) is 12.5 Å². The van der Waals surface area contributed by atoms with Crippen LogP contribution < -0.4 is 16.4 Å². The van der Waals surface area contributed by atoms with E-state index in [2.05, 4.69) is 10.6 Å². The Labute approximate surface area is 157 Å². The number of benzene rings is 2. The minimum absolute atomic E-state index is 0.0536. The van der Waals surface area contributed by atoms with Crippen molar-refractivity contribution in [1.29, 1.82) is 0 Å². The SMILES string of the molecule is C[C@@H](NC(=O)[C@@H](CC(N)=O)NC(=O)OCc1ccccc1)c1ccccc1. The predicted octanol–water partition coefficient (Wildman–Crippen LogP) is 2.03. The van der Waals surface area contributed by atoms with E-state index in [-0.39, 0.29) is 19.1 Å². The average Bonchev–Trinajstić information content (AvgIpc) is 2.67. The number of nitrogens with one attached hydrogen (secondary N) is 2. The summed E-state index contributed by atoms with van der Waals surface area (Å²) in [5.74, 6) is -1.22. The third-order valence-electron chi connectivity index (χ3n) is 3.88. The van der Waals surface area contributed by atoms with Crippen LogP contribution in [0.25, 0.3) is 0 Å². The van der Waals surface area contributed by atoms with Crippen LogP contribution in [0.2, 0.25) is 0 Å². The minimum atomic E-state index is -1.11. The molecule has 0 saturated heterocycles. The monoisotopic (exact) mass is 369 g/mol. The number of nitrogens with two attached hydrogens (primary N) is 1. The molecule has 2 aromatic rings. The van der Waals surface area contributed by atoms with E-state index in [1.54, 1.807) is 0 Å². The Morgan fingerprint density at radius 2 is 1.56 bits per heavy atom. The van der Waals surface area contributed by atoms with Crippen molar-refractivity contribution in [2.24, 2.45) is 5.73 Å². The molecular weight excluding hydrogens is 346 g/mol. The first-order valence-electron chi connectivity index (χ1n) is 8.56. The van der Waals surface area contributed by atoms with Gasteiger partial charge >= 0.3 is 6.09 Å². The summed E-state index contributed by atoms with van der Waals surface area (Å²) < 4.78 is 5.10. The van der Waals surface area contributed by atoms with Crippen LogP contribution in [0.1, 0.15) is 30.5 Å². The number of hydrogen-bond donors (Lipinski definition) is 3. The van der Waals surface area contributed by atoms with Gasteiger partial charge in [-0.1, -0.05) is 60.7 Å². The number of primary amides is 1. The molecule has 0 unspecified atom stereocenters. The van der Waals surface area contributed by atoms with E-state index in [1.165, 1.54) is 0 Å². The number of carbonyl (C=O) groups excluding carboxylic acids is 3. The Bertz CT molecular complexity index is 765. The highest BCUT2D eigenvalue weighted by Gasteiger charge is 2.25. The van der Waals surface area contributed by atoms with Crippen molar-refractivity contribution in [2.45, 2.75) is 32.0 Å². The third kappa shape index (κ3) is 6.81. The molecule has 0 heterocycles. The van der Waals surface area contributed by atoms with E-state index in [0.717, 1.165) is 11.1 Å². The molecule has 0 aromatic heterocycles. The van der Waals surface area contributed by atoms with Gasteiger partial charge in [-0.25, -0.2) is 4.79 Å². The van der Waals surface area contributed by atoms with Gasteiger partial charge in [0.2, 0.25) is 11.8 Å². The smallest absolute Gasteiger partial charge is 0.408 e. The molecule has 3 amide bonds. The van der Waals surface area contributed by atoms with Gasteiger partial charge in [0.15, 0.2) is 0 Å². The molecule has 7 heteroatoms. The highest BCUT2D eigenvalue weighted by atomic mass is 16.5. The van der Waals surface area contributed by atoms with Gasteiger partial charge in [0, 0.05) is 0 Å². The molecular formula is C20H23N3O4. The molecule has 0 spiro atoms. The zero-order chi connectivity index (χ0) is 19.6. The molecule has 0 aliphatic rings. The normalized spacial score (nSPS) is 12.5. The van der Waals surface area contributed by atoms with E-state index in [0.29, 0.717) is 0 Å². The van der Waals surface area contributed by atoms with E-state index in [1.807, 2.05) is 67.6 Å². The molecule has 2 aromatic carbocycles. The summed E-state index contributed by atoms with van der Waals surface area (Å²) in [6.45, 7) is 1.86. The van der Waals surface area contributed by atoms with E-state index in [9.17, 15) is 14.4 Å². The minimum Gasteiger partial charge on any atom is -0.445 e. The van der Waals surface area contributed by atoms with Crippen LogP contribution in [0, 0.1) is 0 Å². The molecule has 142 valence electrons. The number of ether oxygens (including phenoxy) is 1. The van der Waals surface area contributed by atoms with Gasteiger partial charge in [-0.15, -0.1) is 0 Å². The van der Waals surface area contributed by atoms with Crippen molar-refractivity contribution in [3.63, 3.8) is 0 Å². The van der Waals surface area contributed by atoms with Crippen molar-refractivity contribution in [2.75, 3.05) is 0 Å². The summed E-state index contributed by atoms with van der Waals surface area (Å²) >= 11 is 0. The van der Waals surface area contributed by atoms with E-state index in [4.69, 9.17) is 10.5 Å². The molecule has 2 rings (SSSR count). The zero-order valence-corrected chi connectivity index (χ0v) is 15.1. The van der Waals surface area contributed by atoms with Gasteiger partial charge in [-0.2, -0.15) is 0 Å². The first-order valence-corrected chi connectivity index (χ1v) is 8.56. The van der Waals surface area contributed by atoms with Crippen LogP contribution >= 0.6 is 0 Å². The first kappa shape index (κ1) is 20.0. The fourth-order valence-corrected chi connectivity index (χ4v) is 2.46. The quantitative estimate of drug-likeness (QED) is 0.661. The Morgan fingerprint density at radius 1 is 0.963 bits per heavy atom. The Hall–Kier alpha value is -3.35. The Kier molecular flexibility index (Phi) is 7.37. The number of carbonyl (C=O) groups is 3. The molecule has 7 nitrogen and oxygen atoms in total. The zero-order valence-electron chi connectivity index (χ0n) is 15.1. The largest absolute Gasteiger partial charge is 0.445 e. The van der Waals surface area contributed by atoms with Crippen molar-refractivity contribution >= 4 is 17.9 Å². The predicted molar refractivity (Wildman–Crippen MR) is 100 cm³/mol. The second-order valence-corrected chi connectivity index (χ2v) is 6.07. The van der Waals surface area contributed by atoms with Crippen LogP contribution in [0.4, 0.5) is 4.79 Å². The second kappa shape index (κ2) is 9.96. The van der Waals surface area contributed by atoms with Crippen molar-refractivity contribution < 1.29 is 19.1 Å². The molecule has 0 saturated carbocycles. The van der Waals surface area contributed by atoms with Crippen LogP contribution in [-0.2, 0) is 20.9 Å². The topological polar surface area (TPSA) is 111 Å². The lowest BCUT2D eigenvalue weighted by Gasteiger charge is -2.20. The number of alkyl carbamates (subject to hydrolysis) is 1. The average molecular weight is 369 g/mol. The number of hydrogen-bond acceptors (Lipinski definition) is 4. The fraction of sp³-hybridized carbons (Fsp3) is 0.250. The summed E-state index contributed by atoms with van der Waals surface area (Å²) in [5, 5.41) is 5.16. The molecule has 4 N–H and O–H groups in total. The lowest BCUT2D eigenvalue weighted by molar-refractivity contribution is -0.127. The number of rotatable bonds is 8.